The number of rotatable bonds is 4. The number of aliphatic carboxylic acids is 1. The van der Waals surface area contributed by atoms with Crippen molar-refractivity contribution in [1.82, 2.24) is 0 Å². The molecular weight excluding hydrogens is 292 g/mol. The van der Waals surface area contributed by atoms with E-state index >= 15 is 0 Å². The van der Waals surface area contributed by atoms with E-state index in [2.05, 4.69) is 33.9 Å². The van der Waals surface area contributed by atoms with Gasteiger partial charge in [-0.1, -0.05) is 45.0 Å². The molecule has 0 heterocycles. The van der Waals surface area contributed by atoms with Crippen LogP contribution in [0.5, 0.6) is 5.75 Å². The summed E-state index contributed by atoms with van der Waals surface area (Å²) in [6.45, 7) is 11.1. The number of fused-ring (bicyclic) bond motifs is 1. The number of hydrogen-bond acceptors (Lipinski definition) is 2. The molecule has 0 aliphatic carbocycles. The van der Waals surface area contributed by atoms with Crippen LogP contribution in [0.3, 0.4) is 0 Å². The molecule has 4 heteroatoms. The van der Waals surface area contributed by atoms with E-state index in [9.17, 15) is 4.79 Å². The fourth-order valence-electron chi connectivity index (χ4n) is 2.07. The Balaban J connectivity index is 2.30. The summed E-state index contributed by atoms with van der Waals surface area (Å²) in [7, 11) is -1.84. The number of carboxylic acids is 1. The minimum Gasteiger partial charge on any atom is -0.543 e. The molecule has 2 aromatic carbocycles. The molecule has 118 valence electrons. The van der Waals surface area contributed by atoms with Crippen LogP contribution in [-0.2, 0) is 11.2 Å². The predicted molar refractivity (Wildman–Crippen MR) is 93.1 cm³/mol. The van der Waals surface area contributed by atoms with E-state index in [0.717, 1.165) is 22.1 Å². The van der Waals surface area contributed by atoms with E-state index in [-0.39, 0.29) is 11.5 Å². The van der Waals surface area contributed by atoms with Gasteiger partial charge in [0.2, 0.25) is 8.32 Å². The molecule has 3 nitrogen and oxygen atoms in total. The molecule has 0 aliphatic rings. The summed E-state index contributed by atoms with van der Waals surface area (Å²) in [5.41, 5.74) is 0.818. The molecule has 2 rings (SSSR count). The molecule has 0 atom stereocenters. The van der Waals surface area contributed by atoms with Gasteiger partial charge in [0.25, 0.3) is 0 Å². The Hall–Kier alpha value is -1.81. The van der Waals surface area contributed by atoms with Crippen molar-refractivity contribution in [2.24, 2.45) is 0 Å². The van der Waals surface area contributed by atoms with Crippen molar-refractivity contribution in [3.63, 3.8) is 0 Å². The molecule has 1 N–H and O–H groups in total. The Morgan fingerprint density at radius 2 is 1.68 bits per heavy atom. The van der Waals surface area contributed by atoms with Crippen LogP contribution >= 0.6 is 0 Å². The zero-order valence-electron chi connectivity index (χ0n) is 13.9. The number of benzene rings is 2. The van der Waals surface area contributed by atoms with Crippen molar-refractivity contribution in [2.75, 3.05) is 0 Å². The zero-order valence-corrected chi connectivity index (χ0v) is 14.9. The zero-order chi connectivity index (χ0) is 16.5. The summed E-state index contributed by atoms with van der Waals surface area (Å²) >= 11 is 0. The van der Waals surface area contributed by atoms with Gasteiger partial charge in [-0.15, -0.1) is 0 Å². The molecule has 0 saturated carbocycles. The average Bonchev–Trinajstić information content (AvgIpc) is 2.36. The first-order valence-corrected chi connectivity index (χ1v) is 10.4. The standard InChI is InChI=1S/C18H24O3Si/c1-18(2,3)22(4,5)21-16-9-8-14-10-13(11-17(19)20)6-7-15(14)12-16/h6-10,12H,11H2,1-5H3,(H,19,20). The van der Waals surface area contributed by atoms with Crippen LogP contribution in [0.15, 0.2) is 36.4 Å². The van der Waals surface area contributed by atoms with Crippen LogP contribution in [0.2, 0.25) is 18.1 Å². The molecule has 0 bridgehead atoms. The number of hydrogen-bond donors (Lipinski definition) is 1. The van der Waals surface area contributed by atoms with Crippen molar-refractivity contribution >= 4 is 25.1 Å². The summed E-state index contributed by atoms with van der Waals surface area (Å²) in [5.74, 6) is 0.0855. The van der Waals surface area contributed by atoms with E-state index in [1.54, 1.807) is 0 Å². The van der Waals surface area contributed by atoms with Gasteiger partial charge in [-0.2, -0.15) is 0 Å². The Bertz CT molecular complexity index is 699. The third-order valence-electron chi connectivity index (χ3n) is 4.41. The van der Waals surface area contributed by atoms with Gasteiger partial charge in [0.15, 0.2) is 0 Å². The van der Waals surface area contributed by atoms with Gasteiger partial charge in [-0.3, -0.25) is 4.79 Å². The summed E-state index contributed by atoms with van der Waals surface area (Å²) < 4.78 is 6.31. The predicted octanol–water partition coefficient (Wildman–Crippen LogP) is 4.85. The minimum absolute atomic E-state index is 0.0537. The largest absolute Gasteiger partial charge is 0.543 e. The molecular formula is C18H24O3Si. The summed E-state index contributed by atoms with van der Waals surface area (Å²) in [6, 6.07) is 11.8. The first-order valence-electron chi connectivity index (χ1n) is 7.52. The van der Waals surface area contributed by atoms with Gasteiger partial charge in [-0.25, -0.2) is 0 Å². The summed E-state index contributed by atoms with van der Waals surface area (Å²) in [5, 5.41) is 11.1. The van der Waals surface area contributed by atoms with Crippen LogP contribution < -0.4 is 4.43 Å². The lowest BCUT2D eigenvalue weighted by Gasteiger charge is -2.36. The van der Waals surface area contributed by atoms with Gasteiger partial charge < -0.3 is 9.53 Å². The van der Waals surface area contributed by atoms with Crippen molar-refractivity contribution in [3.8, 4) is 5.75 Å². The number of carbonyl (C=O) groups is 1. The highest BCUT2D eigenvalue weighted by Gasteiger charge is 2.38. The van der Waals surface area contributed by atoms with Gasteiger partial charge >= 0.3 is 5.97 Å². The fourth-order valence-corrected chi connectivity index (χ4v) is 3.09. The van der Waals surface area contributed by atoms with Gasteiger partial charge in [0.1, 0.15) is 5.75 Å². The average molecular weight is 316 g/mol. The lowest BCUT2D eigenvalue weighted by atomic mass is 10.1. The van der Waals surface area contributed by atoms with E-state index in [1.807, 2.05) is 36.4 Å². The highest BCUT2D eigenvalue weighted by molar-refractivity contribution is 6.74. The van der Waals surface area contributed by atoms with E-state index in [1.165, 1.54) is 0 Å². The normalized spacial score (nSPS) is 12.4. The van der Waals surface area contributed by atoms with Crippen molar-refractivity contribution in [3.05, 3.63) is 42.0 Å². The Kier molecular flexibility index (Phi) is 4.34. The summed E-state index contributed by atoms with van der Waals surface area (Å²) in [6.07, 6.45) is 0.0537. The van der Waals surface area contributed by atoms with Crippen LogP contribution in [0.25, 0.3) is 10.8 Å². The lowest BCUT2D eigenvalue weighted by molar-refractivity contribution is -0.136. The van der Waals surface area contributed by atoms with Crippen molar-refractivity contribution < 1.29 is 14.3 Å². The molecule has 0 fully saturated rings. The minimum atomic E-state index is -1.84. The highest BCUT2D eigenvalue weighted by atomic mass is 28.4. The quantitative estimate of drug-likeness (QED) is 0.820. The molecule has 0 aliphatic heterocycles. The van der Waals surface area contributed by atoms with Gasteiger partial charge in [0, 0.05) is 0 Å². The molecule has 0 saturated heterocycles. The smallest absolute Gasteiger partial charge is 0.307 e. The van der Waals surface area contributed by atoms with Gasteiger partial charge in [-0.05, 0) is 46.6 Å². The first-order chi connectivity index (χ1) is 10.1. The van der Waals surface area contributed by atoms with Crippen molar-refractivity contribution in [1.29, 1.82) is 0 Å². The third-order valence-corrected chi connectivity index (χ3v) is 8.77. The van der Waals surface area contributed by atoms with E-state index in [0.29, 0.717) is 0 Å². The Morgan fingerprint density at radius 3 is 2.27 bits per heavy atom. The second-order valence-electron chi connectivity index (χ2n) is 7.28. The Morgan fingerprint density at radius 1 is 1.09 bits per heavy atom. The first kappa shape index (κ1) is 16.6. The van der Waals surface area contributed by atoms with Crippen LogP contribution in [0.4, 0.5) is 0 Å². The SMILES string of the molecule is CC(C)(C)[Si](C)(C)Oc1ccc2cc(CC(=O)O)ccc2c1. The second kappa shape index (κ2) is 5.76. The maximum atomic E-state index is 10.8. The summed E-state index contributed by atoms with van der Waals surface area (Å²) in [4.78, 5) is 10.8. The van der Waals surface area contributed by atoms with E-state index in [4.69, 9.17) is 9.53 Å². The topological polar surface area (TPSA) is 46.5 Å². The molecule has 0 amide bonds. The Labute approximate surface area is 133 Å². The van der Waals surface area contributed by atoms with Crippen molar-refractivity contribution in [2.45, 2.75) is 45.3 Å². The van der Waals surface area contributed by atoms with Crippen LogP contribution in [0, 0.1) is 0 Å². The number of carboxylic acid groups (broad SMARTS) is 1. The maximum absolute atomic E-state index is 10.8. The highest BCUT2D eigenvalue weighted by Crippen LogP contribution is 2.37. The molecule has 0 spiro atoms. The maximum Gasteiger partial charge on any atom is 0.307 e. The molecule has 0 unspecified atom stereocenters. The van der Waals surface area contributed by atoms with Crippen LogP contribution in [-0.4, -0.2) is 19.4 Å². The lowest BCUT2D eigenvalue weighted by Crippen LogP contribution is -2.43. The third kappa shape index (κ3) is 3.68. The molecule has 0 radical (unpaired) electrons. The monoisotopic (exact) mass is 316 g/mol. The van der Waals surface area contributed by atoms with Gasteiger partial charge in [0.05, 0.1) is 6.42 Å². The molecule has 22 heavy (non-hydrogen) atoms. The molecule has 2 aromatic rings. The molecule has 0 aromatic heterocycles. The second-order valence-corrected chi connectivity index (χ2v) is 12.0. The van der Waals surface area contributed by atoms with Crippen LogP contribution in [0.1, 0.15) is 26.3 Å². The fraction of sp³-hybridized carbons (Fsp3) is 0.389. The van der Waals surface area contributed by atoms with E-state index < -0.39 is 14.3 Å².